The van der Waals surface area contributed by atoms with Crippen LogP contribution in [0.1, 0.15) is 26.3 Å². The second kappa shape index (κ2) is 7.06. The van der Waals surface area contributed by atoms with Crippen LogP contribution in [0.3, 0.4) is 0 Å². The predicted octanol–water partition coefficient (Wildman–Crippen LogP) is 7.77. The highest BCUT2D eigenvalue weighted by molar-refractivity contribution is 9.10. The summed E-state index contributed by atoms with van der Waals surface area (Å²) in [7, 11) is 0. The van der Waals surface area contributed by atoms with E-state index in [9.17, 15) is 0 Å². The summed E-state index contributed by atoms with van der Waals surface area (Å²) in [5.74, 6) is 0.614. The fourth-order valence-electron chi connectivity index (χ4n) is 3.70. The monoisotopic (exact) mass is 456 g/mol. The lowest BCUT2D eigenvalue weighted by atomic mass is 9.84. The minimum Gasteiger partial charge on any atom is -0.436 e. The van der Waals surface area contributed by atoms with Crippen LogP contribution in [0.15, 0.2) is 81.8 Å². The SMILES string of the molecule is CC(C)(C)c1cc(-c2cccc(-c3nc4c(Br)cccc4o3)c2)c2ncccc2c1. The quantitative estimate of drug-likeness (QED) is 0.272. The number of hydrogen-bond acceptors (Lipinski definition) is 3. The topological polar surface area (TPSA) is 38.9 Å². The first kappa shape index (κ1) is 19.0. The minimum atomic E-state index is 0.0446. The Morgan fingerprint density at radius 3 is 2.43 bits per heavy atom. The third-order valence-electron chi connectivity index (χ3n) is 5.36. The van der Waals surface area contributed by atoms with Crippen LogP contribution < -0.4 is 0 Å². The molecule has 0 saturated heterocycles. The van der Waals surface area contributed by atoms with Gasteiger partial charge in [0.2, 0.25) is 5.89 Å². The molecule has 5 aromatic rings. The zero-order valence-electron chi connectivity index (χ0n) is 17.1. The summed E-state index contributed by atoms with van der Waals surface area (Å²) in [6, 6.07) is 22.8. The molecule has 0 amide bonds. The van der Waals surface area contributed by atoms with Gasteiger partial charge in [-0.05, 0) is 74.9 Å². The molecule has 0 unspecified atom stereocenters. The summed E-state index contributed by atoms with van der Waals surface area (Å²) in [5.41, 5.74) is 7.10. The number of hydrogen-bond donors (Lipinski definition) is 0. The summed E-state index contributed by atoms with van der Waals surface area (Å²) in [4.78, 5) is 9.39. The minimum absolute atomic E-state index is 0.0446. The molecular weight excluding hydrogens is 436 g/mol. The van der Waals surface area contributed by atoms with Crippen LogP contribution in [0, 0.1) is 0 Å². The molecule has 2 aromatic heterocycles. The van der Waals surface area contributed by atoms with Crippen LogP contribution >= 0.6 is 15.9 Å². The Hall–Kier alpha value is -2.98. The molecule has 148 valence electrons. The Balaban J connectivity index is 1.70. The van der Waals surface area contributed by atoms with Gasteiger partial charge in [0.15, 0.2) is 5.58 Å². The van der Waals surface area contributed by atoms with Crippen LogP contribution in [0.2, 0.25) is 0 Å². The average Bonchev–Trinajstić information content (AvgIpc) is 3.18. The molecule has 3 aromatic carbocycles. The van der Waals surface area contributed by atoms with Gasteiger partial charge in [-0.1, -0.05) is 45.0 Å². The van der Waals surface area contributed by atoms with E-state index in [1.165, 1.54) is 5.56 Å². The van der Waals surface area contributed by atoms with Gasteiger partial charge in [0.1, 0.15) is 5.52 Å². The maximum absolute atomic E-state index is 6.03. The van der Waals surface area contributed by atoms with E-state index in [4.69, 9.17) is 9.40 Å². The van der Waals surface area contributed by atoms with Crippen molar-refractivity contribution in [1.29, 1.82) is 0 Å². The Kier molecular flexibility index (Phi) is 4.48. The number of benzene rings is 3. The molecule has 4 heteroatoms. The molecule has 5 rings (SSSR count). The first-order valence-electron chi connectivity index (χ1n) is 9.95. The van der Waals surface area contributed by atoms with E-state index in [1.54, 1.807) is 0 Å². The fourth-order valence-corrected chi connectivity index (χ4v) is 4.14. The zero-order chi connectivity index (χ0) is 20.9. The Morgan fingerprint density at radius 1 is 0.833 bits per heavy atom. The number of pyridine rings is 1. The maximum Gasteiger partial charge on any atom is 0.227 e. The van der Waals surface area contributed by atoms with E-state index in [1.807, 2.05) is 42.6 Å². The predicted molar refractivity (Wildman–Crippen MR) is 127 cm³/mol. The van der Waals surface area contributed by atoms with Crippen molar-refractivity contribution < 1.29 is 4.42 Å². The van der Waals surface area contributed by atoms with Crippen molar-refractivity contribution >= 4 is 37.9 Å². The molecule has 0 bridgehead atoms. The van der Waals surface area contributed by atoms with Crippen molar-refractivity contribution in [3.05, 3.63) is 83.0 Å². The van der Waals surface area contributed by atoms with E-state index in [2.05, 4.69) is 72.0 Å². The number of halogens is 1. The van der Waals surface area contributed by atoms with Gasteiger partial charge in [-0.3, -0.25) is 4.98 Å². The Bertz CT molecular complexity index is 1400. The Morgan fingerprint density at radius 2 is 1.63 bits per heavy atom. The molecule has 0 spiro atoms. The molecule has 0 atom stereocenters. The summed E-state index contributed by atoms with van der Waals surface area (Å²) in [6.45, 7) is 6.71. The van der Waals surface area contributed by atoms with Crippen LogP contribution in [0.25, 0.3) is 44.6 Å². The molecule has 0 aliphatic heterocycles. The summed E-state index contributed by atoms with van der Waals surface area (Å²) in [6.07, 6.45) is 1.85. The highest BCUT2D eigenvalue weighted by Crippen LogP contribution is 2.36. The second-order valence-electron chi connectivity index (χ2n) is 8.54. The van der Waals surface area contributed by atoms with Gasteiger partial charge in [0.25, 0.3) is 0 Å². The van der Waals surface area contributed by atoms with Crippen molar-refractivity contribution in [2.75, 3.05) is 0 Å². The molecule has 0 fully saturated rings. The number of para-hydroxylation sites is 1. The van der Waals surface area contributed by atoms with Crippen molar-refractivity contribution in [1.82, 2.24) is 9.97 Å². The standard InChI is InChI=1S/C26H21BrN2O/c1-26(2,3)19-14-17-9-6-12-28-23(17)20(15-19)16-7-4-8-18(13-16)25-29-24-21(27)10-5-11-22(24)30-25/h4-15H,1-3H3. The van der Waals surface area contributed by atoms with E-state index in [0.717, 1.165) is 43.2 Å². The number of aromatic nitrogens is 2. The lowest BCUT2D eigenvalue weighted by Crippen LogP contribution is -2.11. The van der Waals surface area contributed by atoms with Gasteiger partial charge >= 0.3 is 0 Å². The number of rotatable bonds is 2. The van der Waals surface area contributed by atoms with Crippen LogP contribution in [-0.2, 0) is 5.41 Å². The van der Waals surface area contributed by atoms with Gasteiger partial charge in [0, 0.05) is 27.2 Å². The lowest BCUT2D eigenvalue weighted by Gasteiger charge is -2.21. The normalized spacial score (nSPS) is 12.0. The highest BCUT2D eigenvalue weighted by atomic mass is 79.9. The molecule has 3 nitrogen and oxygen atoms in total. The summed E-state index contributed by atoms with van der Waals surface area (Å²) >= 11 is 3.56. The number of fused-ring (bicyclic) bond motifs is 2. The van der Waals surface area contributed by atoms with E-state index >= 15 is 0 Å². The van der Waals surface area contributed by atoms with Gasteiger partial charge < -0.3 is 4.42 Å². The third-order valence-corrected chi connectivity index (χ3v) is 6.00. The van der Waals surface area contributed by atoms with Crippen molar-refractivity contribution in [3.63, 3.8) is 0 Å². The molecule has 0 aliphatic rings. The van der Waals surface area contributed by atoms with E-state index in [-0.39, 0.29) is 5.41 Å². The van der Waals surface area contributed by atoms with Crippen LogP contribution in [-0.4, -0.2) is 9.97 Å². The highest BCUT2D eigenvalue weighted by Gasteiger charge is 2.18. The number of nitrogens with zero attached hydrogens (tertiary/aromatic N) is 2. The van der Waals surface area contributed by atoms with Gasteiger partial charge in [-0.15, -0.1) is 0 Å². The summed E-state index contributed by atoms with van der Waals surface area (Å²) < 4.78 is 6.96. The molecule has 0 saturated carbocycles. The molecule has 2 heterocycles. The molecule has 0 radical (unpaired) electrons. The summed E-state index contributed by atoms with van der Waals surface area (Å²) in [5, 5.41) is 1.15. The average molecular weight is 457 g/mol. The van der Waals surface area contributed by atoms with Gasteiger partial charge in [-0.25, -0.2) is 4.98 Å². The Labute approximate surface area is 183 Å². The zero-order valence-corrected chi connectivity index (χ0v) is 18.7. The molecule has 0 N–H and O–H groups in total. The fraction of sp³-hybridized carbons (Fsp3) is 0.154. The van der Waals surface area contributed by atoms with E-state index in [0.29, 0.717) is 5.89 Å². The van der Waals surface area contributed by atoms with Crippen molar-refractivity contribution in [2.24, 2.45) is 0 Å². The first-order valence-corrected chi connectivity index (χ1v) is 10.7. The first-order chi connectivity index (χ1) is 14.4. The van der Waals surface area contributed by atoms with Crippen LogP contribution in [0.4, 0.5) is 0 Å². The van der Waals surface area contributed by atoms with Crippen molar-refractivity contribution in [2.45, 2.75) is 26.2 Å². The van der Waals surface area contributed by atoms with Gasteiger partial charge in [-0.2, -0.15) is 0 Å². The van der Waals surface area contributed by atoms with Crippen LogP contribution in [0.5, 0.6) is 0 Å². The van der Waals surface area contributed by atoms with Crippen molar-refractivity contribution in [3.8, 4) is 22.6 Å². The molecule has 0 aliphatic carbocycles. The van der Waals surface area contributed by atoms with E-state index < -0.39 is 0 Å². The molecular formula is C26H21BrN2O. The maximum atomic E-state index is 6.03. The molecule has 30 heavy (non-hydrogen) atoms. The third kappa shape index (κ3) is 3.31. The lowest BCUT2D eigenvalue weighted by molar-refractivity contribution is 0.591. The smallest absolute Gasteiger partial charge is 0.227 e. The number of oxazole rings is 1. The van der Waals surface area contributed by atoms with Gasteiger partial charge in [0.05, 0.1) is 5.52 Å². The second-order valence-corrected chi connectivity index (χ2v) is 9.39. The largest absolute Gasteiger partial charge is 0.436 e.